The molecule has 1 aliphatic heterocycles. The third kappa shape index (κ3) is 6.00. The fraction of sp³-hybridized carbons (Fsp3) is 0.240. The van der Waals surface area contributed by atoms with Crippen molar-refractivity contribution >= 4 is 17.3 Å². The van der Waals surface area contributed by atoms with Gasteiger partial charge in [0.15, 0.2) is 6.61 Å². The third-order valence-electron chi connectivity index (χ3n) is 5.49. The average molecular weight is 447 g/mol. The van der Waals surface area contributed by atoms with Gasteiger partial charge in [0, 0.05) is 44.0 Å². The second-order valence-electron chi connectivity index (χ2n) is 7.68. The monoisotopic (exact) mass is 447 g/mol. The lowest BCUT2D eigenvalue weighted by molar-refractivity contribution is -0.384. The summed E-state index contributed by atoms with van der Waals surface area (Å²) in [5.41, 5.74) is 2.08. The molecule has 1 fully saturated rings. The van der Waals surface area contributed by atoms with Crippen molar-refractivity contribution in [3.8, 4) is 11.5 Å². The number of non-ortho nitro benzene ring substituents is 1. The van der Waals surface area contributed by atoms with Crippen LogP contribution in [0.25, 0.3) is 0 Å². The van der Waals surface area contributed by atoms with Gasteiger partial charge in [0.25, 0.3) is 11.6 Å². The number of benzene rings is 3. The summed E-state index contributed by atoms with van der Waals surface area (Å²) >= 11 is 0. The van der Waals surface area contributed by atoms with Crippen molar-refractivity contribution in [3.63, 3.8) is 0 Å². The predicted molar refractivity (Wildman–Crippen MR) is 125 cm³/mol. The minimum atomic E-state index is -0.411. The number of amides is 1. The van der Waals surface area contributed by atoms with E-state index in [2.05, 4.69) is 4.90 Å². The zero-order valence-electron chi connectivity index (χ0n) is 18.1. The van der Waals surface area contributed by atoms with Crippen LogP contribution in [0.15, 0.2) is 78.9 Å². The van der Waals surface area contributed by atoms with Gasteiger partial charge in [-0.3, -0.25) is 14.9 Å². The van der Waals surface area contributed by atoms with E-state index in [1.807, 2.05) is 42.5 Å². The van der Waals surface area contributed by atoms with Crippen molar-refractivity contribution in [2.75, 3.05) is 37.7 Å². The molecule has 1 aliphatic rings. The lowest BCUT2D eigenvalue weighted by Gasteiger charge is -2.36. The lowest BCUT2D eigenvalue weighted by Crippen LogP contribution is -2.50. The molecule has 0 atom stereocenters. The second-order valence-corrected chi connectivity index (χ2v) is 7.68. The summed E-state index contributed by atoms with van der Waals surface area (Å²) in [6.45, 7) is 2.94. The molecule has 0 N–H and O–H groups in total. The highest BCUT2D eigenvalue weighted by molar-refractivity contribution is 5.78. The van der Waals surface area contributed by atoms with E-state index in [0.29, 0.717) is 38.5 Å². The molecule has 0 aromatic heterocycles. The molecule has 0 spiro atoms. The van der Waals surface area contributed by atoms with E-state index >= 15 is 0 Å². The molecule has 4 rings (SSSR count). The molecule has 3 aromatic rings. The lowest BCUT2D eigenvalue weighted by atomic mass is 10.2. The summed E-state index contributed by atoms with van der Waals surface area (Å²) in [7, 11) is 0. The first-order valence-corrected chi connectivity index (χ1v) is 10.8. The maximum absolute atomic E-state index is 12.5. The number of carbonyl (C=O) groups excluding carboxylic acids is 1. The van der Waals surface area contributed by atoms with Crippen LogP contribution < -0.4 is 14.4 Å². The van der Waals surface area contributed by atoms with Crippen molar-refractivity contribution in [1.29, 1.82) is 0 Å². The van der Waals surface area contributed by atoms with E-state index in [-0.39, 0.29) is 18.2 Å². The van der Waals surface area contributed by atoms with Gasteiger partial charge in [-0.05, 0) is 42.0 Å². The Bertz CT molecular complexity index is 1060. The standard InChI is InChI=1S/C25H25N3O5/c29-25(27-16-14-26(15-17-27)21-6-8-22(9-7-21)28(30)31)19-33-24-12-10-23(11-13-24)32-18-20-4-2-1-3-5-20/h1-13H,14-19H2. The number of nitro groups is 1. The van der Waals surface area contributed by atoms with E-state index in [4.69, 9.17) is 9.47 Å². The second kappa shape index (κ2) is 10.5. The van der Waals surface area contributed by atoms with E-state index in [1.54, 1.807) is 29.2 Å². The Morgan fingerprint density at radius 3 is 2.03 bits per heavy atom. The Labute approximate surface area is 192 Å². The van der Waals surface area contributed by atoms with Crippen LogP contribution in [0.4, 0.5) is 11.4 Å². The Morgan fingerprint density at radius 2 is 1.42 bits per heavy atom. The van der Waals surface area contributed by atoms with Crippen molar-refractivity contribution in [1.82, 2.24) is 4.90 Å². The molecular formula is C25H25N3O5. The van der Waals surface area contributed by atoms with Gasteiger partial charge in [0.05, 0.1) is 4.92 Å². The highest BCUT2D eigenvalue weighted by atomic mass is 16.6. The van der Waals surface area contributed by atoms with Crippen molar-refractivity contribution < 1.29 is 19.2 Å². The van der Waals surface area contributed by atoms with Crippen LogP contribution in [0, 0.1) is 10.1 Å². The van der Waals surface area contributed by atoms with Crippen molar-refractivity contribution in [2.45, 2.75) is 6.61 Å². The van der Waals surface area contributed by atoms with Crippen LogP contribution in [0.2, 0.25) is 0 Å². The minimum absolute atomic E-state index is 0.0260. The molecule has 8 nitrogen and oxygen atoms in total. The molecule has 0 bridgehead atoms. The quantitative estimate of drug-likeness (QED) is 0.385. The Morgan fingerprint density at radius 1 is 0.818 bits per heavy atom. The SMILES string of the molecule is O=C(COc1ccc(OCc2ccccc2)cc1)N1CCN(c2ccc([N+](=O)[O-])cc2)CC1. The van der Waals surface area contributed by atoms with E-state index in [9.17, 15) is 14.9 Å². The number of hydrogen-bond donors (Lipinski definition) is 0. The molecule has 0 saturated carbocycles. The first kappa shape index (κ1) is 22.1. The topological polar surface area (TPSA) is 85.2 Å². The number of nitro benzene ring substituents is 1. The van der Waals surface area contributed by atoms with Gasteiger partial charge >= 0.3 is 0 Å². The van der Waals surface area contributed by atoms with Crippen LogP contribution in [0.3, 0.4) is 0 Å². The van der Waals surface area contributed by atoms with Gasteiger partial charge in [0.1, 0.15) is 18.1 Å². The average Bonchev–Trinajstić information content (AvgIpc) is 2.87. The minimum Gasteiger partial charge on any atom is -0.489 e. The molecule has 0 aliphatic carbocycles. The molecule has 1 saturated heterocycles. The number of ether oxygens (including phenoxy) is 2. The number of hydrogen-bond acceptors (Lipinski definition) is 6. The van der Waals surface area contributed by atoms with Crippen molar-refractivity contribution in [3.05, 3.63) is 94.5 Å². The Balaban J connectivity index is 1.20. The van der Waals surface area contributed by atoms with Gasteiger partial charge in [-0.15, -0.1) is 0 Å². The summed E-state index contributed by atoms with van der Waals surface area (Å²) in [6, 6.07) is 23.6. The number of rotatable bonds is 8. The zero-order valence-corrected chi connectivity index (χ0v) is 18.1. The summed E-state index contributed by atoms with van der Waals surface area (Å²) in [4.78, 5) is 26.8. The van der Waals surface area contributed by atoms with Crippen LogP contribution in [-0.2, 0) is 11.4 Å². The number of carbonyl (C=O) groups is 1. The summed E-state index contributed by atoms with van der Waals surface area (Å²) in [5.74, 6) is 1.28. The maximum atomic E-state index is 12.5. The molecule has 3 aromatic carbocycles. The Kier molecular flexibility index (Phi) is 7.04. The van der Waals surface area contributed by atoms with Gasteiger partial charge < -0.3 is 19.3 Å². The van der Waals surface area contributed by atoms with Crippen LogP contribution in [-0.4, -0.2) is 48.5 Å². The fourth-order valence-corrected chi connectivity index (χ4v) is 3.61. The van der Waals surface area contributed by atoms with E-state index in [0.717, 1.165) is 17.0 Å². The van der Waals surface area contributed by atoms with E-state index in [1.165, 1.54) is 12.1 Å². The van der Waals surface area contributed by atoms with Gasteiger partial charge in [-0.2, -0.15) is 0 Å². The number of piperazine rings is 1. The fourth-order valence-electron chi connectivity index (χ4n) is 3.61. The summed E-state index contributed by atoms with van der Waals surface area (Å²) in [5, 5.41) is 10.8. The van der Waals surface area contributed by atoms with Gasteiger partial charge in [-0.1, -0.05) is 30.3 Å². The zero-order chi connectivity index (χ0) is 23.0. The normalized spacial score (nSPS) is 13.5. The number of anilines is 1. The molecule has 1 amide bonds. The van der Waals surface area contributed by atoms with Crippen LogP contribution in [0.1, 0.15) is 5.56 Å². The molecular weight excluding hydrogens is 422 g/mol. The first-order chi connectivity index (χ1) is 16.1. The first-order valence-electron chi connectivity index (χ1n) is 10.8. The molecule has 0 unspecified atom stereocenters. The van der Waals surface area contributed by atoms with Gasteiger partial charge in [-0.25, -0.2) is 0 Å². The highest BCUT2D eigenvalue weighted by Gasteiger charge is 2.22. The van der Waals surface area contributed by atoms with Crippen LogP contribution >= 0.6 is 0 Å². The summed E-state index contributed by atoms with van der Waals surface area (Å²) < 4.78 is 11.4. The third-order valence-corrected chi connectivity index (χ3v) is 5.49. The smallest absolute Gasteiger partial charge is 0.269 e. The molecule has 1 heterocycles. The predicted octanol–water partition coefficient (Wildman–Crippen LogP) is 3.90. The number of nitrogens with zero attached hydrogens (tertiary/aromatic N) is 3. The largest absolute Gasteiger partial charge is 0.489 e. The highest BCUT2D eigenvalue weighted by Crippen LogP contribution is 2.21. The Hall–Kier alpha value is -4.07. The summed E-state index contributed by atoms with van der Waals surface area (Å²) in [6.07, 6.45) is 0. The molecule has 8 heteroatoms. The molecule has 0 radical (unpaired) electrons. The maximum Gasteiger partial charge on any atom is 0.269 e. The molecule has 33 heavy (non-hydrogen) atoms. The van der Waals surface area contributed by atoms with Crippen molar-refractivity contribution in [2.24, 2.45) is 0 Å². The van der Waals surface area contributed by atoms with Crippen LogP contribution in [0.5, 0.6) is 11.5 Å². The van der Waals surface area contributed by atoms with Gasteiger partial charge in [0.2, 0.25) is 0 Å². The molecule has 170 valence electrons. The van der Waals surface area contributed by atoms with E-state index < -0.39 is 4.92 Å².